The molecule has 1 atom stereocenters. The smallest absolute Gasteiger partial charge is 0.262 e. The molecule has 2 aliphatic rings. The fourth-order valence-corrected chi connectivity index (χ4v) is 7.54. The Kier molecular flexibility index (Phi) is 7.87. The number of halogens is 1. The first-order valence-electron chi connectivity index (χ1n) is 14.7. The highest BCUT2D eigenvalue weighted by molar-refractivity contribution is 7.19. The molecule has 0 bridgehead atoms. The number of nitrogens with zero attached hydrogens (tertiary/aromatic N) is 4. The van der Waals surface area contributed by atoms with Gasteiger partial charge in [0.15, 0.2) is 6.61 Å². The van der Waals surface area contributed by atoms with E-state index < -0.39 is 0 Å². The van der Waals surface area contributed by atoms with Crippen LogP contribution in [0, 0.1) is 0 Å². The minimum Gasteiger partial charge on any atom is -0.484 e. The molecule has 43 heavy (non-hydrogen) atoms. The fraction of sp³-hybridized carbons (Fsp3) is 0.265. The van der Waals surface area contributed by atoms with Crippen LogP contribution < -0.4 is 19.9 Å². The average Bonchev–Trinajstić information content (AvgIpc) is 3.43. The quantitative estimate of drug-likeness (QED) is 0.215. The van der Waals surface area contributed by atoms with Gasteiger partial charge < -0.3 is 19.9 Å². The molecule has 3 heterocycles. The van der Waals surface area contributed by atoms with Crippen molar-refractivity contribution in [3.63, 3.8) is 0 Å². The fourth-order valence-electron chi connectivity index (χ4n) is 6.15. The number of ether oxygens (including phenoxy) is 1. The Morgan fingerprint density at radius 2 is 1.67 bits per heavy atom. The summed E-state index contributed by atoms with van der Waals surface area (Å²) in [5.74, 6) is 2.04. The molecule has 1 aliphatic carbocycles. The van der Waals surface area contributed by atoms with Crippen molar-refractivity contribution in [2.24, 2.45) is 0 Å². The normalized spacial score (nSPS) is 16.6. The average molecular weight is 610 g/mol. The zero-order valence-electron chi connectivity index (χ0n) is 23.7. The standard InChI is InChI=1S/C34H32ClN5O2S/c35-25-9-11-27(12-10-25)39-16-18-40(19-17-39)33-32-29-15-8-24(20-30(29)43-34(32)37-22-36-33)23-6-13-28(14-7-23)42-21-31(41)38-26-4-2-1-3-5-26/h1-7,9-14,22,24H,8,15-21H2,(H,38,41). The number of aromatic nitrogens is 2. The Morgan fingerprint density at radius 3 is 2.44 bits per heavy atom. The van der Waals surface area contributed by atoms with Gasteiger partial charge in [0.2, 0.25) is 0 Å². The summed E-state index contributed by atoms with van der Waals surface area (Å²) in [7, 11) is 0. The van der Waals surface area contributed by atoms with Crippen LogP contribution in [0.15, 0.2) is 85.2 Å². The number of fused-ring (bicyclic) bond motifs is 3. The summed E-state index contributed by atoms with van der Waals surface area (Å²) >= 11 is 7.91. The third-order valence-corrected chi connectivity index (χ3v) is 9.79. The zero-order chi connectivity index (χ0) is 29.2. The Morgan fingerprint density at radius 1 is 0.930 bits per heavy atom. The van der Waals surface area contributed by atoms with Crippen molar-refractivity contribution in [3.05, 3.63) is 106 Å². The first-order valence-corrected chi connectivity index (χ1v) is 15.9. The van der Waals surface area contributed by atoms with E-state index in [1.54, 1.807) is 6.33 Å². The highest BCUT2D eigenvalue weighted by Gasteiger charge is 2.28. The molecule has 218 valence electrons. The van der Waals surface area contributed by atoms with Crippen LogP contribution in [-0.4, -0.2) is 48.7 Å². The lowest BCUT2D eigenvalue weighted by Crippen LogP contribution is -2.47. The molecule has 2 aromatic heterocycles. The van der Waals surface area contributed by atoms with Crippen LogP contribution in [0.1, 0.15) is 28.3 Å². The van der Waals surface area contributed by atoms with Gasteiger partial charge in [-0.1, -0.05) is 41.9 Å². The maximum absolute atomic E-state index is 12.2. The number of carbonyl (C=O) groups is 1. The van der Waals surface area contributed by atoms with Gasteiger partial charge in [-0.05, 0) is 84.8 Å². The molecule has 1 aliphatic heterocycles. The molecule has 9 heteroatoms. The highest BCUT2D eigenvalue weighted by atomic mass is 35.5. The number of piperazine rings is 1. The number of thiophene rings is 1. The van der Waals surface area contributed by atoms with Gasteiger partial charge in [-0.25, -0.2) is 9.97 Å². The highest BCUT2D eigenvalue weighted by Crippen LogP contribution is 2.43. The van der Waals surface area contributed by atoms with Crippen molar-refractivity contribution in [2.75, 3.05) is 47.9 Å². The number of rotatable bonds is 7. The van der Waals surface area contributed by atoms with Gasteiger partial charge in [-0.3, -0.25) is 4.79 Å². The lowest BCUT2D eigenvalue weighted by molar-refractivity contribution is -0.118. The summed E-state index contributed by atoms with van der Waals surface area (Å²) in [5.41, 5.74) is 4.70. The minimum absolute atomic E-state index is 0.0254. The summed E-state index contributed by atoms with van der Waals surface area (Å²) in [4.78, 5) is 29.1. The van der Waals surface area contributed by atoms with Gasteiger partial charge in [-0.2, -0.15) is 0 Å². The lowest BCUT2D eigenvalue weighted by atomic mass is 9.83. The van der Waals surface area contributed by atoms with Crippen LogP contribution in [0.3, 0.4) is 0 Å². The largest absolute Gasteiger partial charge is 0.484 e. The van der Waals surface area contributed by atoms with E-state index in [4.69, 9.17) is 26.3 Å². The van der Waals surface area contributed by atoms with Crippen molar-refractivity contribution in [1.82, 2.24) is 9.97 Å². The zero-order valence-corrected chi connectivity index (χ0v) is 25.3. The number of nitrogens with one attached hydrogen (secondary N) is 1. The summed E-state index contributed by atoms with van der Waals surface area (Å²) in [6.07, 6.45) is 4.82. The van der Waals surface area contributed by atoms with Crippen LogP contribution in [0.25, 0.3) is 10.2 Å². The van der Waals surface area contributed by atoms with Crippen LogP contribution in [-0.2, 0) is 17.6 Å². The monoisotopic (exact) mass is 609 g/mol. The molecule has 5 aromatic rings. The van der Waals surface area contributed by atoms with E-state index in [-0.39, 0.29) is 12.5 Å². The second-order valence-corrected chi connectivity index (χ2v) is 12.6. The molecule has 1 fully saturated rings. The van der Waals surface area contributed by atoms with Crippen LogP contribution in [0.5, 0.6) is 5.75 Å². The first kappa shape index (κ1) is 27.7. The summed E-state index contributed by atoms with van der Waals surface area (Å²) in [6.45, 7) is 3.70. The van der Waals surface area contributed by atoms with Crippen LogP contribution >= 0.6 is 22.9 Å². The van der Waals surface area contributed by atoms with E-state index in [0.717, 1.165) is 66.8 Å². The number of aryl methyl sites for hydroxylation is 1. The molecule has 7 rings (SSSR count). The van der Waals surface area contributed by atoms with Crippen molar-refractivity contribution in [3.8, 4) is 5.75 Å². The third kappa shape index (κ3) is 6.03. The number of para-hydroxylation sites is 1. The predicted molar refractivity (Wildman–Crippen MR) is 175 cm³/mol. The molecular formula is C34H32ClN5O2S. The molecule has 0 spiro atoms. The van der Waals surface area contributed by atoms with Gasteiger partial charge in [0.05, 0.1) is 5.39 Å². The van der Waals surface area contributed by atoms with Gasteiger partial charge in [-0.15, -0.1) is 11.3 Å². The van der Waals surface area contributed by atoms with Gasteiger partial charge >= 0.3 is 0 Å². The Bertz CT molecular complexity index is 1720. The molecule has 1 unspecified atom stereocenters. The first-order chi connectivity index (χ1) is 21.1. The minimum atomic E-state index is -0.175. The second-order valence-electron chi connectivity index (χ2n) is 11.0. The Hall–Kier alpha value is -4.14. The lowest BCUT2D eigenvalue weighted by Gasteiger charge is -2.37. The number of hydrogen-bond donors (Lipinski definition) is 1. The molecule has 7 nitrogen and oxygen atoms in total. The predicted octanol–water partition coefficient (Wildman–Crippen LogP) is 6.96. The molecule has 3 aromatic carbocycles. The number of benzene rings is 3. The second kappa shape index (κ2) is 12.2. The summed E-state index contributed by atoms with van der Waals surface area (Å²) in [6, 6.07) is 25.7. The maximum Gasteiger partial charge on any atom is 0.262 e. The van der Waals surface area contributed by atoms with Crippen molar-refractivity contribution in [2.45, 2.75) is 25.2 Å². The van der Waals surface area contributed by atoms with E-state index in [0.29, 0.717) is 11.7 Å². The van der Waals surface area contributed by atoms with Crippen molar-refractivity contribution >= 4 is 56.3 Å². The van der Waals surface area contributed by atoms with E-state index in [1.807, 2.05) is 65.9 Å². The Labute approximate surface area is 260 Å². The number of anilines is 3. The molecule has 1 saturated heterocycles. The van der Waals surface area contributed by atoms with E-state index in [1.165, 1.54) is 27.1 Å². The molecule has 0 radical (unpaired) electrons. The number of amides is 1. The van der Waals surface area contributed by atoms with E-state index in [9.17, 15) is 4.79 Å². The summed E-state index contributed by atoms with van der Waals surface area (Å²) < 4.78 is 5.75. The molecule has 1 N–H and O–H groups in total. The van der Waals surface area contributed by atoms with Crippen molar-refractivity contribution in [1.29, 1.82) is 0 Å². The van der Waals surface area contributed by atoms with Gasteiger partial charge in [0, 0.05) is 47.5 Å². The van der Waals surface area contributed by atoms with Gasteiger partial charge in [0.25, 0.3) is 5.91 Å². The van der Waals surface area contributed by atoms with E-state index >= 15 is 0 Å². The number of hydrogen-bond acceptors (Lipinski definition) is 7. The Balaban J connectivity index is 0.999. The van der Waals surface area contributed by atoms with E-state index in [2.05, 4.69) is 39.4 Å². The number of carbonyl (C=O) groups excluding carboxylic acids is 1. The van der Waals surface area contributed by atoms with Crippen molar-refractivity contribution < 1.29 is 9.53 Å². The summed E-state index contributed by atoms with van der Waals surface area (Å²) in [5, 5.41) is 4.86. The molecule has 0 saturated carbocycles. The van der Waals surface area contributed by atoms with Gasteiger partial charge in [0.1, 0.15) is 22.7 Å². The molecule has 1 amide bonds. The SMILES string of the molecule is O=C(COc1ccc(C2CCc3c(sc4ncnc(N5CCN(c6ccc(Cl)cc6)CC5)c34)C2)cc1)Nc1ccccc1. The third-order valence-electron chi connectivity index (χ3n) is 8.38. The molecular weight excluding hydrogens is 578 g/mol. The topological polar surface area (TPSA) is 70.6 Å². The maximum atomic E-state index is 12.2. The van der Waals surface area contributed by atoms with Crippen LogP contribution in [0.2, 0.25) is 5.02 Å². The van der Waals surface area contributed by atoms with Crippen LogP contribution in [0.4, 0.5) is 17.2 Å².